The maximum Gasteiger partial charge on any atom is 0.272 e. The molecule has 7 heteroatoms. The van der Waals surface area contributed by atoms with Crippen LogP contribution < -0.4 is 15.4 Å². The Kier molecular flexibility index (Phi) is 3.42. The molecule has 4 rings (SSSR count). The number of benzene rings is 2. The molecule has 1 aromatic heterocycles. The van der Waals surface area contributed by atoms with Crippen LogP contribution >= 0.6 is 0 Å². The monoisotopic (exact) mass is 339 g/mol. The highest BCUT2D eigenvalue weighted by Crippen LogP contribution is 2.32. The fourth-order valence-corrected chi connectivity index (χ4v) is 2.73. The lowest BCUT2D eigenvalue weighted by molar-refractivity contribution is -0.122. The fourth-order valence-electron chi connectivity index (χ4n) is 2.73. The number of carbonyl (C=O) groups is 2. The normalized spacial score (nSPS) is 16.1. The molecule has 3 N–H and O–H groups in total. The van der Waals surface area contributed by atoms with Crippen LogP contribution in [0.5, 0.6) is 5.75 Å². The number of carbonyl (C=O) groups excluding carboxylic acids is 2. The summed E-state index contributed by atoms with van der Waals surface area (Å²) in [4.78, 5) is 27.0. The third-order valence-corrected chi connectivity index (χ3v) is 4.02. The van der Waals surface area contributed by atoms with Crippen molar-refractivity contribution in [3.05, 3.63) is 54.0 Å². The number of H-pyrrole nitrogens is 1. The Morgan fingerprint density at radius 3 is 2.88 bits per heavy atom. The zero-order chi connectivity index (χ0) is 17.6. The van der Waals surface area contributed by atoms with E-state index in [1.807, 2.05) is 0 Å². The zero-order valence-corrected chi connectivity index (χ0v) is 13.2. The summed E-state index contributed by atoms with van der Waals surface area (Å²) >= 11 is 0. The second-order valence-corrected chi connectivity index (χ2v) is 5.80. The van der Waals surface area contributed by atoms with E-state index in [4.69, 9.17) is 4.74 Å². The van der Waals surface area contributed by atoms with Gasteiger partial charge in [0.15, 0.2) is 6.10 Å². The highest BCUT2D eigenvalue weighted by molar-refractivity contribution is 6.06. The summed E-state index contributed by atoms with van der Waals surface area (Å²) in [6, 6.07) is 11.0. The Morgan fingerprint density at radius 2 is 2.08 bits per heavy atom. The van der Waals surface area contributed by atoms with Gasteiger partial charge in [0, 0.05) is 16.6 Å². The van der Waals surface area contributed by atoms with Gasteiger partial charge in [-0.3, -0.25) is 9.59 Å². The Hall–Kier alpha value is -3.35. The first-order chi connectivity index (χ1) is 12.0. The van der Waals surface area contributed by atoms with Crippen molar-refractivity contribution in [1.29, 1.82) is 0 Å². The van der Waals surface area contributed by atoms with Crippen LogP contribution in [0.4, 0.5) is 15.8 Å². The zero-order valence-electron chi connectivity index (χ0n) is 13.2. The maximum absolute atomic E-state index is 13.7. The van der Waals surface area contributed by atoms with Gasteiger partial charge in [0.1, 0.15) is 17.3 Å². The van der Waals surface area contributed by atoms with E-state index < -0.39 is 17.8 Å². The van der Waals surface area contributed by atoms with Crippen molar-refractivity contribution in [1.82, 2.24) is 4.98 Å². The Bertz CT molecular complexity index is 1010. The van der Waals surface area contributed by atoms with Gasteiger partial charge >= 0.3 is 0 Å². The lowest BCUT2D eigenvalue weighted by atomic mass is 10.2. The minimum Gasteiger partial charge on any atom is -0.479 e. The van der Waals surface area contributed by atoms with Crippen LogP contribution in [0.15, 0.2) is 42.5 Å². The summed E-state index contributed by atoms with van der Waals surface area (Å²) in [5.41, 5.74) is 1.77. The Morgan fingerprint density at radius 1 is 1.24 bits per heavy atom. The molecule has 0 bridgehead atoms. The van der Waals surface area contributed by atoms with Gasteiger partial charge in [-0.05, 0) is 43.3 Å². The number of ether oxygens (including phenoxy) is 1. The molecule has 1 aliphatic heterocycles. The van der Waals surface area contributed by atoms with E-state index in [0.29, 0.717) is 28.0 Å². The van der Waals surface area contributed by atoms with Gasteiger partial charge in [-0.25, -0.2) is 4.39 Å². The molecule has 0 radical (unpaired) electrons. The van der Waals surface area contributed by atoms with E-state index in [9.17, 15) is 14.0 Å². The average Bonchev–Trinajstić information content (AvgIpc) is 3.02. The SMILES string of the molecule is CC1Oc2ccc(NC(=O)c3cc4c(F)cccc4[nH]3)cc2NC1=O. The number of nitrogens with one attached hydrogen (secondary N) is 3. The quantitative estimate of drug-likeness (QED) is 0.670. The molecular weight excluding hydrogens is 325 g/mol. The molecule has 25 heavy (non-hydrogen) atoms. The summed E-state index contributed by atoms with van der Waals surface area (Å²) in [6.07, 6.45) is -0.561. The second kappa shape index (κ2) is 5.62. The first-order valence-corrected chi connectivity index (χ1v) is 7.71. The number of halogens is 1. The number of anilines is 2. The number of aromatic nitrogens is 1. The Balaban J connectivity index is 1.59. The van der Waals surface area contributed by atoms with Crippen LogP contribution in [0.25, 0.3) is 10.9 Å². The van der Waals surface area contributed by atoms with Crippen LogP contribution in [0.1, 0.15) is 17.4 Å². The highest BCUT2D eigenvalue weighted by atomic mass is 19.1. The number of fused-ring (bicyclic) bond motifs is 2. The Labute approximate surface area is 142 Å². The minimum atomic E-state index is -0.561. The first kappa shape index (κ1) is 15.2. The molecule has 3 aromatic rings. The molecule has 0 aliphatic carbocycles. The summed E-state index contributed by atoms with van der Waals surface area (Å²) in [6.45, 7) is 1.66. The number of amides is 2. The maximum atomic E-state index is 13.7. The fraction of sp³-hybridized carbons (Fsp3) is 0.111. The summed E-state index contributed by atoms with van der Waals surface area (Å²) in [5, 5.41) is 5.79. The number of hydrogen-bond acceptors (Lipinski definition) is 3. The van der Waals surface area contributed by atoms with E-state index in [1.165, 1.54) is 12.1 Å². The second-order valence-electron chi connectivity index (χ2n) is 5.80. The molecule has 2 heterocycles. The molecule has 1 atom stereocenters. The van der Waals surface area contributed by atoms with Gasteiger partial charge in [-0.15, -0.1) is 0 Å². The number of aromatic amines is 1. The average molecular weight is 339 g/mol. The third-order valence-electron chi connectivity index (χ3n) is 4.02. The molecule has 2 amide bonds. The van der Waals surface area contributed by atoms with E-state index in [2.05, 4.69) is 15.6 Å². The molecule has 2 aromatic carbocycles. The van der Waals surface area contributed by atoms with Crippen molar-refractivity contribution in [3.63, 3.8) is 0 Å². The largest absolute Gasteiger partial charge is 0.479 e. The van der Waals surface area contributed by atoms with Crippen molar-refractivity contribution in [3.8, 4) is 5.75 Å². The lowest BCUT2D eigenvalue weighted by Gasteiger charge is -2.23. The van der Waals surface area contributed by atoms with Gasteiger partial charge in [0.25, 0.3) is 11.8 Å². The van der Waals surface area contributed by atoms with Crippen LogP contribution in [0, 0.1) is 5.82 Å². The lowest BCUT2D eigenvalue weighted by Crippen LogP contribution is -2.34. The predicted octanol–water partition coefficient (Wildman–Crippen LogP) is 3.28. The first-order valence-electron chi connectivity index (χ1n) is 7.71. The van der Waals surface area contributed by atoms with Crippen LogP contribution in [-0.4, -0.2) is 22.9 Å². The number of rotatable bonds is 2. The van der Waals surface area contributed by atoms with Crippen molar-refractivity contribution in [2.24, 2.45) is 0 Å². The van der Waals surface area contributed by atoms with Gasteiger partial charge in [-0.1, -0.05) is 6.07 Å². The van der Waals surface area contributed by atoms with Crippen molar-refractivity contribution in [2.45, 2.75) is 13.0 Å². The predicted molar refractivity (Wildman–Crippen MR) is 91.4 cm³/mol. The molecule has 0 saturated carbocycles. The van der Waals surface area contributed by atoms with E-state index in [1.54, 1.807) is 37.3 Å². The smallest absolute Gasteiger partial charge is 0.272 e. The van der Waals surface area contributed by atoms with Crippen LogP contribution in [0.2, 0.25) is 0 Å². The molecule has 6 nitrogen and oxygen atoms in total. The van der Waals surface area contributed by atoms with Crippen LogP contribution in [-0.2, 0) is 4.79 Å². The molecule has 1 aliphatic rings. The minimum absolute atomic E-state index is 0.242. The van der Waals surface area contributed by atoms with E-state index >= 15 is 0 Å². The van der Waals surface area contributed by atoms with Crippen molar-refractivity contribution in [2.75, 3.05) is 10.6 Å². The van der Waals surface area contributed by atoms with Gasteiger partial charge in [0.2, 0.25) is 0 Å². The molecular formula is C18H14FN3O3. The van der Waals surface area contributed by atoms with Crippen molar-refractivity contribution >= 4 is 34.1 Å². The molecule has 0 fully saturated rings. The molecule has 0 spiro atoms. The van der Waals surface area contributed by atoms with Crippen LogP contribution in [0.3, 0.4) is 0 Å². The molecule has 126 valence electrons. The van der Waals surface area contributed by atoms with Gasteiger partial charge < -0.3 is 20.4 Å². The summed E-state index contributed by atoms with van der Waals surface area (Å²) < 4.78 is 19.2. The molecule has 1 unspecified atom stereocenters. The third kappa shape index (κ3) is 2.69. The standard InChI is InChI=1S/C18H14FN3O3/c1-9-17(23)22-14-7-10(5-6-16(14)25-9)20-18(24)15-8-11-12(19)3-2-4-13(11)21-15/h2-9,21H,1H3,(H,20,24)(H,22,23). The topological polar surface area (TPSA) is 83.2 Å². The van der Waals surface area contributed by atoms with E-state index in [-0.39, 0.29) is 11.6 Å². The van der Waals surface area contributed by atoms with Gasteiger partial charge in [-0.2, -0.15) is 0 Å². The number of hydrogen-bond donors (Lipinski definition) is 3. The summed E-state index contributed by atoms with van der Waals surface area (Å²) in [7, 11) is 0. The molecule has 0 saturated heterocycles. The van der Waals surface area contributed by atoms with Crippen molar-refractivity contribution < 1.29 is 18.7 Å². The van der Waals surface area contributed by atoms with Gasteiger partial charge in [0.05, 0.1) is 5.69 Å². The summed E-state index contributed by atoms with van der Waals surface area (Å²) in [5.74, 6) is -0.512. The van der Waals surface area contributed by atoms with E-state index in [0.717, 1.165) is 0 Å². The highest BCUT2D eigenvalue weighted by Gasteiger charge is 2.23.